The predicted molar refractivity (Wildman–Crippen MR) is 252 cm³/mol. The molecule has 0 aliphatic carbocycles. The minimum Gasteiger partial charge on any atom is -0.377 e. The second-order valence-corrected chi connectivity index (χ2v) is 17.1. The van der Waals surface area contributed by atoms with E-state index in [1.807, 2.05) is 0 Å². The van der Waals surface area contributed by atoms with E-state index in [0.717, 1.165) is 28.2 Å². The summed E-state index contributed by atoms with van der Waals surface area (Å²) in [5.74, 6) is 0.855. The summed E-state index contributed by atoms with van der Waals surface area (Å²) in [6.07, 6.45) is -0.400. The lowest BCUT2D eigenvalue weighted by Crippen LogP contribution is -2.45. The molecule has 7 heteroatoms. The van der Waals surface area contributed by atoms with Gasteiger partial charge < -0.3 is 23.8 Å². The largest absolute Gasteiger partial charge is 0.377 e. The molecule has 3 aliphatic rings. The van der Waals surface area contributed by atoms with Gasteiger partial charge in [0.05, 0.1) is 47.4 Å². The number of nitrogens with one attached hydrogen (secondary N) is 2. The van der Waals surface area contributed by atoms with Gasteiger partial charge in [0.2, 0.25) is 0 Å². The lowest BCUT2D eigenvalue weighted by atomic mass is 10.0. The third-order valence-electron chi connectivity index (χ3n) is 13.8. The number of aliphatic imine (C=N–C) groups is 1. The van der Waals surface area contributed by atoms with Crippen molar-refractivity contribution < 1.29 is 4.74 Å². The van der Waals surface area contributed by atoms with E-state index < -0.39 is 0 Å². The Balaban J connectivity index is 0.989. The molecule has 7 nitrogen and oxygen atoms in total. The van der Waals surface area contributed by atoms with Crippen LogP contribution in [0, 0.1) is 0 Å². The van der Waals surface area contributed by atoms with Crippen LogP contribution < -0.4 is 10.6 Å². The Morgan fingerprint density at radius 3 is 1.68 bits per heavy atom. The van der Waals surface area contributed by atoms with Crippen molar-refractivity contribution in [2.24, 2.45) is 4.99 Å². The number of rotatable bonds is 5. The molecule has 0 spiro atoms. The molecule has 4 atom stereocenters. The van der Waals surface area contributed by atoms with E-state index in [4.69, 9.17) is 9.73 Å². The zero-order valence-electron chi connectivity index (χ0n) is 33.7. The molecule has 2 N–H and O–H groups in total. The van der Waals surface area contributed by atoms with Gasteiger partial charge in [-0.3, -0.25) is 5.32 Å². The van der Waals surface area contributed by atoms with Crippen LogP contribution >= 0.6 is 0 Å². The van der Waals surface area contributed by atoms with E-state index in [1.54, 1.807) is 0 Å². The number of para-hydroxylation sites is 2. The summed E-state index contributed by atoms with van der Waals surface area (Å²) in [4.78, 5) is 5.37. The fraction of sp³-hybridized carbons (Fsp3) is 0.109. The molecule has 62 heavy (non-hydrogen) atoms. The number of hydrogen-bond donors (Lipinski definition) is 2. The smallest absolute Gasteiger partial charge is 0.131 e. The van der Waals surface area contributed by atoms with Crippen LogP contribution in [0.25, 0.3) is 82.2 Å². The van der Waals surface area contributed by atoms with Gasteiger partial charge in [-0.2, -0.15) is 0 Å². The van der Waals surface area contributed by atoms with Crippen LogP contribution in [0.3, 0.4) is 0 Å². The molecule has 1 saturated heterocycles. The molecule has 8 aromatic carbocycles. The second kappa shape index (κ2) is 13.0. The summed E-state index contributed by atoms with van der Waals surface area (Å²) >= 11 is 0. The van der Waals surface area contributed by atoms with Crippen LogP contribution in [0.15, 0.2) is 187 Å². The number of benzene rings is 8. The van der Waals surface area contributed by atoms with Crippen molar-refractivity contribution >= 4 is 71.3 Å². The van der Waals surface area contributed by atoms with Gasteiger partial charge >= 0.3 is 0 Å². The topological polar surface area (TPSA) is 60.4 Å². The molecule has 0 amide bonds. The SMILES string of the molecule is c1ccc(-c2ccc(C3NC(c4cccc(-n5c6ccc7c8ccccc8n8c7c6c6c5ccc5c7ccccc7n(c56)C5COCC58)c4)=NC(c4ccccc4)N3)cc2)cc1. The summed E-state index contributed by atoms with van der Waals surface area (Å²) in [7, 11) is 0. The molecule has 1 fully saturated rings. The average Bonchev–Trinajstić information content (AvgIpc) is 4.11. The number of hydrogen-bond acceptors (Lipinski definition) is 4. The molecule has 14 rings (SSSR count). The Hall–Kier alpha value is -7.45. The van der Waals surface area contributed by atoms with Crippen molar-refractivity contribution in [1.82, 2.24) is 24.3 Å². The summed E-state index contributed by atoms with van der Waals surface area (Å²) in [5.41, 5.74) is 14.3. The first-order valence-corrected chi connectivity index (χ1v) is 21.7. The third kappa shape index (κ3) is 4.80. The molecular weight excluding hydrogens is 761 g/mol. The van der Waals surface area contributed by atoms with Crippen LogP contribution in [-0.4, -0.2) is 32.8 Å². The minimum absolute atomic E-state index is 0.140. The summed E-state index contributed by atoms with van der Waals surface area (Å²) in [6.45, 7) is 1.34. The van der Waals surface area contributed by atoms with Crippen molar-refractivity contribution in [2.75, 3.05) is 13.2 Å². The van der Waals surface area contributed by atoms with E-state index in [2.05, 4.69) is 206 Å². The highest BCUT2D eigenvalue weighted by molar-refractivity contribution is 6.32. The van der Waals surface area contributed by atoms with Gasteiger partial charge in [0, 0.05) is 54.6 Å². The minimum atomic E-state index is -0.237. The molecule has 4 unspecified atom stereocenters. The van der Waals surface area contributed by atoms with Gasteiger partial charge in [0.15, 0.2) is 0 Å². The third-order valence-corrected chi connectivity index (χ3v) is 13.8. The van der Waals surface area contributed by atoms with Gasteiger partial charge in [0.25, 0.3) is 0 Å². The first-order chi connectivity index (χ1) is 30.8. The van der Waals surface area contributed by atoms with Crippen LogP contribution in [0.1, 0.15) is 41.1 Å². The van der Waals surface area contributed by atoms with E-state index >= 15 is 0 Å². The van der Waals surface area contributed by atoms with Crippen LogP contribution in [0.2, 0.25) is 0 Å². The van der Waals surface area contributed by atoms with Gasteiger partial charge in [-0.15, -0.1) is 0 Å². The molecule has 0 saturated carbocycles. The monoisotopic (exact) mass is 800 g/mol. The fourth-order valence-electron chi connectivity index (χ4n) is 11.1. The summed E-state index contributed by atoms with van der Waals surface area (Å²) < 4.78 is 14.2. The van der Waals surface area contributed by atoms with Crippen LogP contribution in [0.4, 0.5) is 0 Å². The molecule has 296 valence electrons. The molecule has 0 radical (unpaired) electrons. The van der Waals surface area contributed by atoms with E-state index in [-0.39, 0.29) is 24.4 Å². The quantitative estimate of drug-likeness (QED) is 0.182. The number of nitrogens with zero attached hydrogens (tertiary/aromatic N) is 4. The van der Waals surface area contributed by atoms with Crippen molar-refractivity contribution in [3.8, 4) is 16.8 Å². The standard InChI is InChI=1S/C55H40N6O/c1-3-12-33(13-4-1)34-22-24-36(25-23-34)54-56-53(35-14-5-2-6-15-35)57-55(58-54)37-16-11-17-38(30-37)59-45-28-26-41-39-18-7-9-20-43(39)60-47-31-62-32-48(47)61-44-21-10-8-19-40(44)42-27-29-46(59)50(52(42)61)49(45)51(41)60/h1-30,47-48,53-54,56H,31-32H2,(H,57,58). The van der Waals surface area contributed by atoms with Gasteiger partial charge in [-0.1, -0.05) is 146 Å². The lowest BCUT2D eigenvalue weighted by molar-refractivity contribution is 0.182. The lowest BCUT2D eigenvalue weighted by Gasteiger charge is -2.32. The van der Waals surface area contributed by atoms with Crippen molar-refractivity contribution in [2.45, 2.75) is 24.4 Å². The Labute approximate surface area is 357 Å². The predicted octanol–water partition coefficient (Wildman–Crippen LogP) is 12.1. The zero-order valence-corrected chi connectivity index (χ0v) is 33.7. The first-order valence-electron chi connectivity index (χ1n) is 21.7. The number of ether oxygens (including phenoxy) is 1. The van der Waals surface area contributed by atoms with Crippen LogP contribution in [0.5, 0.6) is 0 Å². The Morgan fingerprint density at radius 1 is 0.468 bits per heavy atom. The van der Waals surface area contributed by atoms with Crippen molar-refractivity contribution in [3.05, 3.63) is 199 Å². The van der Waals surface area contributed by atoms with Gasteiger partial charge in [-0.05, 0) is 58.7 Å². The first kappa shape index (κ1) is 34.3. The van der Waals surface area contributed by atoms with E-state index in [1.165, 1.54) is 76.5 Å². The highest BCUT2D eigenvalue weighted by atomic mass is 16.5. The molecule has 6 heterocycles. The molecule has 11 aromatic rings. The maximum Gasteiger partial charge on any atom is 0.131 e. The van der Waals surface area contributed by atoms with Crippen molar-refractivity contribution in [3.63, 3.8) is 0 Å². The molecular formula is C55H40N6O. The summed E-state index contributed by atoms with van der Waals surface area (Å²) in [6, 6.07) is 66.5. The second-order valence-electron chi connectivity index (χ2n) is 17.1. The van der Waals surface area contributed by atoms with Crippen molar-refractivity contribution in [1.29, 1.82) is 0 Å². The highest BCUT2D eigenvalue weighted by Crippen LogP contribution is 2.51. The highest BCUT2D eigenvalue weighted by Gasteiger charge is 2.38. The molecule has 3 aromatic heterocycles. The van der Waals surface area contributed by atoms with Crippen LogP contribution in [-0.2, 0) is 4.74 Å². The number of aromatic nitrogens is 3. The maximum absolute atomic E-state index is 6.46. The molecule has 0 bridgehead atoms. The maximum atomic E-state index is 6.46. The Kier molecular flexibility index (Phi) is 7.20. The Morgan fingerprint density at radius 2 is 1.03 bits per heavy atom. The zero-order chi connectivity index (χ0) is 40.5. The molecule has 3 aliphatic heterocycles. The summed E-state index contributed by atoms with van der Waals surface area (Å²) in [5, 5.41) is 15.4. The van der Waals surface area contributed by atoms with E-state index in [9.17, 15) is 0 Å². The number of amidine groups is 1. The van der Waals surface area contributed by atoms with Gasteiger partial charge in [-0.25, -0.2) is 4.99 Å². The normalized spacial score (nSPS) is 19.6. The average molecular weight is 801 g/mol. The fourth-order valence-corrected chi connectivity index (χ4v) is 11.1. The number of fused-ring (bicyclic) bond motifs is 9. The van der Waals surface area contributed by atoms with Gasteiger partial charge in [0.1, 0.15) is 18.2 Å². The Bertz CT molecular complexity index is 3490. The van der Waals surface area contributed by atoms with E-state index in [0.29, 0.717) is 13.2 Å².